The first-order chi connectivity index (χ1) is 11.3. The number of halogens is 3. The maximum atomic E-state index is 12.6. The second kappa shape index (κ2) is 6.54. The Kier molecular flexibility index (Phi) is 4.62. The van der Waals surface area contributed by atoms with E-state index in [0.717, 1.165) is 28.1 Å². The molecule has 1 fully saturated rings. The lowest BCUT2D eigenvalue weighted by atomic mass is 10.1. The van der Waals surface area contributed by atoms with E-state index in [1.165, 1.54) is 0 Å². The quantitative estimate of drug-likeness (QED) is 0.839. The second-order valence-corrected chi connectivity index (χ2v) is 6.56. The van der Waals surface area contributed by atoms with Crippen molar-refractivity contribution in [2.24, 2.45) is 0 Å². The van der Waals surface area contributed by atoms with Crippen molar-refractivity contribution in [2.75, 3.05) is 18.0 Å². The number of anilines is 1. The van der Waals surface area contributed by atoms with E-state index in [1.807, 2.05) is 18.7 Å². The molecule has 1 aliphatic rings. The van der Waals surface area contributed by atoms with Crippen molar-refractivity contribution < 1.29 is 17.9 Å². The van der Waals surface area contributed by atoms with Gasteiger partial charge < -0.3 is 9.64 Å². The molecule has 130 valence electrons. The van der Waals surface area contributed by atoms with Crippen LogP contribution in [-0.4, -0.2) is 34.1 Å². The predicted molar refractivity (Wildman–Crippen MR) is 84.5 cm³/mol. The highest BCUT2D eigenvalue weighted by molar-refractivity contribution is 7.13. The summed E-state index contributed by atoms with van der Waals surface area (Å²) < 4.78 is 43.8. The Labute approximate surface area is 141 Å². The molecule has 0 aromatic carbocycles. The number of aryl methyl sites for hydroxylation is 2. The van der Waals surface area contributed by atoms with E-state index >= 15 is 0 Å². The number of hydrogen-bond acceptors (Lipinski definition) is 6. The summed E-state index contributed by atoms with van der Waals surface area (Å²) in [6.45, 7) is 4.90. The van der Waals surface area contributed by atoms with Crippen LogP contribution >= 0.6 is 11.3 Å². The number of aromatic nitrogens is 3. The third-order valence-electron chi connectivity index (χ3n) is 3.81. The van der Waals surface area contributed by atoms with Crippen molar-refractivity contribution >= 4 is 16.5 Å². The number of hydrogen-bond donors (Lipinski definition) is 0. The van der Waals surface area contributed by atoms with Gasteiger partial charge >= 0.3 is 6.18 Å². The number of thiazole rings is 1. The molecule has 0 atom stereocenters. The average Bonchev–Trinajstić information content (AvgIpc) is 3.02. The van der Waals surface area contributed by atoms with E-state index in [-0.39, 0.29) is 6.10 Å². The monoisotopic (exact) mass is 358 g/mol. The van der Waals surface area contributed by atoms with Crippen molar-refractivity contribution in [1.29, 1.82) is 0 Å². The number of alkyl halides is 3. The van der Waals surface area contributed by atoms with Crippen molar-refractivity contribution in [3.63, 3.8) is 0 Å². The van der Waals surface area contributed by atoms with Gasteiger partial charge in [-0.15, -0.1) is 11.3 Å². The van der Waals surface area contributed by atoms with Crippen molar-refractivity contribution in [1.82, 2.24) is 15.0 Å². The Morgan fingerprint density at radius 2 is 1.92 bits per heavy atom. The summed E-state index contributed by atoms with van der Waals surface area (Å²) in [5.74, 6) is 0.530. The Balaban J connectivity index is 1.60. The van der Waals surface area contributed by atoms with Crippen molar-refractivity contribution in [3.05, 3.63) is 28.7 Å². The van der Waals surface area contributed by atoms with Gasteiger partial charge in [0, 0.05) is 37.5 Å². The first-order valence-corrected chi connectivity index (χ1v) is 8.45. The zero-order chi connectivity index (χ0) is 17.3. The minimum Gasteiger partial charge on any atom is -0.473 e. The van der Waals surface area contributed by atoms with Crippen LogP contribution in [0.3, 0.4) is 0 Å². The molecule has 3 heterocycles. The summed E-state index contributed by atoms with van der Waals surface area (Å²) in [7, 11) is 0. The Bertz CT molecular complexity index is 711. The van der Waals surface area contributed by atoms with Gasteiger partial charge in [-0.2, -0.15) is 13.2 Å². The van der Waals surface area contributed by atoms with Crippen LogP contribution in [0.25, 0.3) is 0 Å². The van der Waals surface area contributed by atoms with Crippen LogP contribution in [0.5, 0.6) is 5.88 Å². The molecule has 0 radical (unpaired) electrons. The fraction of sp³-hybridized carbons (Fsp3) is 0.533. The highest BCUT2D eigenvalue weighted by atomic mass is 32.1. The summed E-state index contributed by atoms with van der Waals surface area (Å²) in [5.41, 5.74) is 0.694. The molecule has 0 unspecified atom stereocenters. The van der Waals surface area contributed by atoms with Crippen LogP contribution in [0.15, 0.2) is 11.6 Å². The third-order valence-corrected chi connectivity index (χ3v) is 4.71. The molecule has 3 rings (SSSR count). The van der Waals surface area contributed by atoms with Gasteiger partial charge in [-0.25, -0.2) is 9.97 Å². The van der Waals surface area contributed by atoms with Gasteiger partial charge in [0.1, 0.15) is 6.10 Å². The highest BCUT2D eigenvalue weighted by Gasteiger charge is 2.34. The summed E-state index contributed by atoms with van der Waals surface area (Å²) in [4.78, 5) is 14.1. The lowest BCUT2D eigenvalue weighted by molar-refractivity contribution is -0.140. The summed E-state index contributed by atoms with van der Waals surface area (Å²) in [5, 5.41) is 1.47. The van der Waals surface area contributed by atoms with Gasteiger partial charge in [0.2, 0.25) is 5.88 Å². The van der Waals surface area contributed by atoms with Gasteiger partial charge in [0.05, 0.1) is 11.4 Å². The fourth-order valence-corrected chi connectivity index (χ4v) is 3.38. The SMILES string of the molecule is Cc1cnc(C)c(OC2CCN(c3nc(C(F)(F)F)cs3)CC2)n1. The van der Waals surface area contributed by atoms with Crippen molar-refractivity contribution in [3.8, 4) is 5.88 Å². The van der Waals surface area contributed by atoms with Gasteiger partial charge in [-0.05, 0) is 13.8 Å². The zero-order valence-corrected chi connectivity index (χ0v) is 14.1. The molecule has 5 nitrogen and oxygen atoms in total. The fourth-order valence-electron chi connectivity index (χ4n) is 2.49. The molecule has 0 bridgehead atoms. The molecule has 2 aromatic rings. The molecular weight excluding hydrogens is 341 g/mol. The van der Waals surface area contributed by atoms with Gasteiger partial charge in [-0.1, -0.05) is 0 Å². The second-order valence-electron chi connectivity index (χ2n) is 5.72. The number of rotatable bonds is 3. The normalized spacial score (nSPS) is 16.5. The lowest BCUT2D eigenvalue weighted by Gasteiger charge is -2.31. The summed E-state index contributed by atoms with van der Waals surface area (Å²) in [6.07, 6.45) is -1.31. The van der Waals surface area contributed by atoms with Gasteiger partial charge in [-0.3, -0.25) is 4.98 Å². The average molecular weight is 358 g/mol. The minimum absolute atomic E-state index is 0.0156. The third kappa shape index (κ3) is 3.77. The van der Waals surface area contributed by atoms with Crippen LogP contribution < -0.4 is 9.64 Å². The molecule has 24 heavy (non-hydrogen) atoms. The van der Waals surface area contributed by atoms with Gasteiger partial charge in [0.25, 0.3) is 0 Å². The standard InChI is InChI=1S/C15H17F3N4OS/c1-9-7-19-10(2)13(20-9)23-11-3-5-22(6-4-11)14-21-12(8-24-14)15(16,17)18/h7-8,11H,3-6H2,1-2H3. The first-order valence-electron chi connectivity index (χ1n) is 7.57. The molecular formula is C15H17F3N4OS. The lowest BCUT2D eigenvalue weighted by Crippen LogP contribution is -2.38. The Morgan fingerprint density at radius 3 is 2.54 bits per heavy atom. The van der Waals surface area contributed by atoms with Crippen LogP contribution in [0.2, 0.25) is 0 Å². The first kappa shape index (κ1) is 16.9. The molecule has 9 heteroatoms. The highest BCUT2D eigenvalue weighted by Crippen LogP contribution is 2.34. The van der Waals surface area contributed by atoms with E-state index in [4.69, 9.17) is 4.74 Å². The maximum absolute atomic E-state index is 12.6. The molecule has 1 saturated heterocycles. The molecule has 0 saturated carbocycles. The van der Waals surface area contributed by atoms with E-state index in [1.54, 1.807) is 6.20 Å². The predicted octanol–water partition coefficient (Wildman–Crippen LogP) is 3.62. The zero-order valence-electron chi connectivity index (χ0n) is 13.3. The molecule has 0 N–H and O–H groups in total. The summed E-state index contributed by atoms with van der Waals surface area (Å²) in [6, 6.07) is 0. The topological polar surface area (TPSA) is 51.1 Å². The number of ether oxygens (including phenoxy) is 1. The van der Waals surface area contributed by atoms with Crippen molar-refractivity contribution in [2.45, 2.75) is 39.0 Å². The molecule has 0 spiro atoms. The smallest absolute Gasteiger partial charge is 0.434 e. The van der Waals surface area contributed by atoms with Crippen LogP contribution in [-0.2, 0) is 6.18 Å². The number of piperidine rings is 1. The molecule has 2 aromatic heterocycles. The molecule has 0 amide bonds. The number of nitrogens with zero attached hydrogens (tertiary/aromatic N) is 4. The Morgan fingerprint density at radius 1 is 1.21 bits per heavy atom. The van der Waals surface area contributed by atoms with Crippen LogP contribution in [0, 0.1) is 13.8 Å². The van der Waals surface area contributed by atoms with Crippen LogP contribution in [0.1, 0.15) is 29.9 Å². The summed E-state index contributed by atoms with van der Waals surface area (Å²) >= 11 is 1.02. The van der Waals surface area contributed by atoms with E-state index in [9.17, 15) is 13.2 Å². The van der Waals surface area contributed by atoms with E-state index < -0.39 is 11.9 Å². The molecule has 0 aliphatic carbocycles. The van der Waals surface area contributed by atoms with E-state index in [0.29, 0.717) is 36.9 Å². The minimum atomic E-state index is -4.39. The Hall–Kier alpha value is -1.90. The van der Waals surface area contributed by atoms with E-state index in [2.05, 4.69) is 15.0 Å². The molecule has 1 aliphatic heterocycles. The van der Waals surface area contributed by atoms with Crippen LogP contribution in [0.4, 0.5) is 18.3 Å². The van der Waals surface area contributed by atoms with Gasteiger partial charge in [0.15, 0.2) is 10.8 Å². The largest absolute Gasteiger partial charge is 0.473 e. The maximum Gasteiger partial charge on any atom is 0.434 e.